The third-order valence-corrected chi connectivity index (χ3v) is 12.1. The summed E-state index contributed by atoms with van der Waals surface area (Å²) in [6, 6.07) is 11.1. The smallest absolute Gasteiger partial charge is 0.339 e. The van der Waals surface area contributed by atoms with Gasteiger partial charge in [-0.2, -0.15) is 0 Å². The molecule has 21 heteroatoms. The van der Waals surface area contributed by atoms with Gasteiger partial charge in [-0.3, -0.25) is 28.4 Å². The standard InChI is InChI=1S/C39H63N6O12P3/c1-28-13-31(19-40-25-58(49,50)51)37(46)34(16-28)22-43-7-4-9-44(23-35-17-29(2)14-32(38(35)47)20-41-26-59(52,53)54)11-6-12-45(10-5-8-43)24-36-18-30(3)15-33(39(36)48)21-42-27-60(55,56)57/h13-18,40-42,46-48H,4-12,19-27H2,1-3H3,(H2,49,50,51)(H2,52,53,54)(H2,55,56,57). The van der Waals surface area contributed by atoms with Gasteiger partial charge in [-0.15, -0.1) is 0 Å². The van der Waals surface area contributed by atoms with Crippen LogP contribution in [0.15, 0.2) is 36.4 Å². The molecule has 0 atom stereocenters. The molecule has 0 saturated carbocycles. The largest absolute Gasteiger partial charge is 0.507 e. The van der Waals surface area contributed by atoms with Crippen LogP contribution in [0.5, 0.6) is 17.2 Å². The van der Waals surface area contributed by atoms with E-state index in [-0.39, 0.29) is 36.9 Å². The van der Waals surface area contributed by atoms with Crippen LogP contribution >= 0.6 is 22.8 Å². The summed E-state index contributed by atoms with van der Waals surface area (Å²) >= 11 is 0. The van der Waals surface area contributed by atoms with Gasteiger partial charge in [0.25, 0.3) is 0 Å². The summed E-state index contributed by atoms with van der Waals surface area (Å²) in [6.45, 7) is 11.3. The first kappa shape index (κ1) is 49.9. The zero-order valence-corrected chi connectivity index (χ0v) is 37.3. The van der Waals surface area contributed by atoms with Gasteiger partial charge in [0.15, 0.2) is 0 Å². The Hall–Kier alpha value is -2.73. The highest BCUT2D eigenvalue weighted by Gasteiger charge is 2.21. The van der Waals surface area contributed by atoms with Crippen molar-refractivity contribution >= 4 is 22.8 Å². The zero-order valence-electron chi connectivity index (χ0n) is 34.6. The molecule has 0 aliphatic carbocycles. The number of aryl methyl sites for hydroxylation is 3. The van der Waals surface area contributed by atoms with Crippen molar-refractivity contribution in [2.75, 3.05) is 58.1 Å². The van der Waals surface area contributed by atoms with E-state index in [4.69, 9.17) is 0 Å². The molecular weight excluding hydrogens is 837 g/mol. The van der Waals surface area contributed by atoms with Crippen LogP contribution in [0.1, 0.15) is 69.3 Å². The number of aromatic hydroxyl groups is 3. The minimum absolute atomic E-state index is 0.0650. The molecule has 1 heterocycles. The molecule has 336 valence electrons. The van der Waals surface area contributed by atoms with Gasteiger partial charge in [0.2, 0.25) is 0 Å². The van der Waals surface area contributed by atoms with Gasteiger partial charge < -0.3 is 60.6 Å². The Balaban J connectivity index is 1.58. The first-order valence-electron chi connectivity index (χ1n) is 19.9. The second-order valence-electron chi connectivity index (χ2n) is 15.9. The molecule has 1 fully saturated rings. The Bertz CT molecular complexity index is 1800. The van der Waals surface area contributed by atoms with Gasteiger partial charge in [0.1, 0.15) is 17.2 Å². The first-order chi connectivity index (χ1) is 28.0. The van der Waals surface area contributed by atoms with E-state index in [1.807, 2.05) is 39.0 Å². The Morgan fingerprint density at radius 2 is 0.650 bits per heavy atom. The molecule has 0 unspecified atom stereocenters. The molecule has 1 saturated heterocycles. The van der Waals surface area contributed by atoms with E-state index in [1.54, 1.807) is 18.2 Å². The second-order valence-corrected chi connectivity index (χ2v) is 20.9. The van der Waals surface area contributed by atoms with Crippen molar-refractivity contribution in [3.8, 4) is 17.2 Å². The average molecular weight is 901 g/mol. The monoisotopic (exact) mass is 900 g/mol. The number of phenols is 3. The maximum Gasteiger partial charge on any atom is 0.339 e. The molecule has 0 amide bonds. The van der Waals surface area contributed by atoms with Crippen molar-refractivity contribution in [2.45, 2.75) is 79.3 Å². The summed E-state index contributed by atoms with van der Waals surface area (Å²) in [5, 5.41) is 42.1. The van der Waals surface area contributed by atoms with Crippen molar-refractivity contribution in [2.24, 2.45) is 0 Å². The van der Waals surface area contributed by atoms with Crippen molar-refractivity contribution in [3.05, 3.63) is 86.5 Å². The highest BCUT2D eigenvalue weighted by Crippen LogP contribution is 2.35. The summed E-state index contributed by atoms with van der Waals surface area (Å²) in [6.07, 6.45) is 0.766. The molecule has 0 radical (unpaired) electrons. The molecule has 4 rings (SSSR count). The summed E-state index contributed by atoms with van der Waals surface area (Å²) in [7, 11) is -12.8. The van der Waals surface area contributed by atoms with Crippen LogP contribution in [0.2, 0.25) is 0 Å². The fraction of sp³-hybridized carbons (Fsp3) is 0.538. The summed E-state index contributed by atoms with van der Waals surface area (Å²) in [4.78, 5) is 62.6. The predicted molar refractivity (Wildman–Crippen MR) is 229 cm³/mol. The minimum atomic E-state index is -4.28. The second kappa shape index (κ2) is 22.6. The van der Waals surface area contributed by atoms with Crippen LogP contribution in [0.25, 0.3) is 0 Å². The van der Waals surface area contributed by atoms with Crippen LogP contribution in [0.3, 0.4) is 0 Å². The van der Waals surface area contributed by atoms with Crippen LogP contribution in [-0.2, 0) is 53.0 Å². The lowest BCUT2D eigenvalue weighted by Crippen LogP contribution is -2.36. The van der Waals surface area contributed by atoms with E-state index in [2.05, 4.69) is 30.7 Å². The Kier molecular flexibility index (Phi) is 18.8. The quantitative estimate of drug-likeness (QED) is 0.0816. The fourth-order valence-electron chi connectivity index (χ4n) is 7.66. The highest BCUT2D eigenvalue weighted by molar-refractivity contribution is 7.52. The van der Waals surface area contributed by atoms with Crippen molar-refractivity contribution in [3.63, 3.8) is 0 Å². The molecule has 3 aromatic carbocycles. The molecule has 12 N–H and O–H groups in total. The molecule has 0 aromatic heterocycles. The van der Waals surface area contributed by atoms with E-state index in [0.717, 1.165) is 36.0 Å². The first-order valence-corrected chi connectivity index (χ1v) is 25.3. The molecule has 18 nitrogen and oxygen atoms in total. The maximum absolute atomic E-state index is 11.4. The summed E-state index contributed by atoms with van der Waals surface area (Å²) < 4.78 is 34.3. The molecule has 1 aliphatic rings. The van der Waals surface area contributed by atoms with Gasteiger partial charge >= 0.3 is 22.8 Å². The molecule has 3 aromatic rings. The number of nitrogens with zero attached hydrogens (tertiary/aromatic N) is 3. The lowest BCUT2D eigenvalue weighted by atomic mass is 10.0. The number of hydrogen-bond donors (Lipinski definition) is 12. The van der Waals surface area contributed by atoms with Crippen molar-refractivity contribution < 1.29 is 58.4 Å². The molecule has 0 spiro atoms. The lowest BCUT2D eigenvalue weighted by molar-refractivity contribution is 0.170. The number of rotatable bonds is 18. The average Bonchev–Trinajstić information content (AvgIpc) is 3.11. The van der Waals surface area contributed by atoms with E-state index in [1.165, 1.54) is 0 Å². The third-order valence-electron chi connectivity index (χ3n) is 10.2. The van der Waals surface area contributed by atoms with Crippen LogP contribution < -0.4 is 16.0 Å². The van der Waals surface area contributed by atoms with Gasteiger partial charge in [-0.25, -0.2) is 0 Å². The van der Waals surface area contributed by atoms with Gasteiger partial charge in [0, 0.05) is 72.6 Å². The highest BCUT2D eigenvalue weighted by atomic mass is 31.2. The molecule has 0 bridgehead atoms. The van der Waals surface area contributed by atoms with E-state index < -0.39 is 41.6 Å². The number of nitrogens with one attached hydrogen (secondary N) is 3. The molecule has 60 heavy (non-hydrogen) atoms. The summed E-state index contributed by atoms with van der Waals surface area (Å²) in [5.41, 5.74) is 6.37. The van der Waals surface area contributed by atoms with Crippen molar-refractivity contribution in [1.82, 2.24) is 30.7 Å². The molecular formula is C39H63N6O12P3. The Morgan fingerprint density at radius 3 is 0.867 bits per heavy atom. The topological polar surface area (TPSA) is 279 Å². The van der Waals surface area contributed by atoms with E-state index in [0.29, 0.717) is 92.3 Å². The number of hydrogen-bond acceptors (Lipinski definition) is 12. The van der Waals surface area contributed by atoms with Crippen molar-refractivity contribution in [1.29, 1.82) is 0 Å². The van der Waals surface area contributed by atoms with Gasteiger partial charge in [-0.1, -0.05) is 53.1 Å². The maximum atomic E-state index is 11.4. The SMILES string of the molecule is Cc1cc(CNCP(=O)(O)O)c(O)c(CN2CCCN(Cc3cc(C)cc(CNCP(=O)(O)O)c3O)CCCN(Cc3cc(C)cc(CNCP(=O)(O)O)c3O)CCC2)c1. The van der Waals surface area contributed by atoms with Gasteiger partial charge in [-0.05, 0) is 79.3 Å². The zero-order chi connectivity index (χ0) is 44.3. The number of benzene rings is 3. The third kappa shape index (κ3) is 17.6. The minimum Gasteiger partial charge on any atom is -0.507 e. The Morgan fingerprint density at radius 1 is 0.433 bits per heavy atom. The van der Waals surface area contributed by atoms with Crippen LogP contribution in [0.4, 0.5) is 0 Å². The van der Waals surface area contributed by atoms with E-state index in [9.17, 15) is 58.4 Å². The van der Waals surface area contributed by atoms with Gasteiger partial charge in [0.05, 0.1) is 18.9 Å². The van der Waals surface area contributed by atoms with Crippen LogP contribution in [-0.4, -0.2) is 118 Å². The Labute approximate surface area is 352 Å². The predicted octanol–water partition coefficient (Wildman–Crippen LogP) is 3.39. The molecule has 1 aliphatic heterocycles. The normalized spacial score (nSPS) is 16.1. The van der Waals surface area contributed by atoms with Crippen LogP contribution in [0, 0.1) is 20.8 Å². The summed E-state index contributed by atoms with van der Waals surface area (Å²) in [5.74, 6) is 0.195. The number of phenolic OH excluding ortho intramolecular Hbond substituents is 3. The van der Waals surface area contributed by atoms with E-state index >= 15 is 0 Å². The fourth-order valence-corrected chi connectivity index (χ4v) is 8.87. The lowest BCUT2D eigenvalue weighted by Gasteiger charge is -2.31.